The molecular formula is C58H79N3O13. The van der Waals surface area contributed by atoms with E-state index >= 15 is 0 Å². The average molecular weight is 1030 g/mol. The van der Waals surface area contributed by atoms with Gasteiger partial charge in [0.05, 0.1) is 36.5 Å². The third-order valence-electron chi connectivity index (χ3n) is 12.0. The molecule has 2 N–H and O–H groups in total. The lowest BCUT2D eigenvalue weighted by atomic mass is 10.1. The zero-order valence-corrected chi connectivity index (χ0v) is 44.7. The fourth-order valence-electron chi connectivity index (χ4n) is 7.59. The zero-order chi connectivity index (χ0) is 53.8. The molecule has 4 rings (SSSR count). The van der Waals surface area contributed by atoms with E-state index in [-0.39, 0.29) is 94.1 Å². The summed E-state index contributed by atoms with van der Waals surface area (Å²) in [4.78, 5) is 65.7. The van der Waals surface area contributed by atoms with E-state index in [0.717, 1.165) is 96.3 Å². The minimum atomic E-state index is -1.01. The van der Waals surface area contributed by atoms with Crippen LogP contribution >= 0.6 is 0 Å². The van der Waals surface area contributed by atoms with Gasteiger partial charge in [-0.3, -0.25) is 0 Å². The number of phenolic OH excluding ortho intramolecular Hbond substituents is 2. The molecule has 4 aromatic rings. The van der Waals surface area contributed by atoms with Crippen molar-refractivity contribution < 1.29 is 62.5 Å². The van der Waals surface area contributed by atoms with E-state index in [1.807, 2.05) is 0 Å². The largest absolute Gasteiger partial charge is 0.507 e. The molecule has 16 nitrogen and oxygen atoms in total. The summed E-state index contributed by atoms with van der Waals surface area (Å²) in [5.74, 6) is -2.81. The van der Waals surface area contributed by atoms with Gasteiger partial charge >= 0.3 is 23.9 Å². The molecule has 0 aliphatic heterocycles. The highest BCUT2D eigenvalue weighted by atomic mass is 16.6. The van der Waals surface area contributed by atoms with Gasteiger partial charge in [0, 0.05) is 23.8 Å². The molecule has 0 aliphatic carbocycles. The lowest BCUT2D eigenvalue weighted by Gasteiger charge is -2.17. The number of esters is 4. The predicted molar refractivity (Wildman–Crippen MR) is 283 cm³/mol. The second-order valence-corrected chi connectivity index (χ2v) is 18.6. The summed E-state index contributed by atoms with van der Waals surface area (Å²) >= 11 is 0. The van der Waals surface area contributed by atoms with Crippen molar-refractivity contribution >= 4 is 23.9 Å². The van der Waals surface area contributed by atoms with E-state index in [1.54, 1.807) is 26.8 Å². The summed E-state index contributed by atoms with van der Waals surface area (Å²) in [6.45, 7) is 17.2. The summed E-state index contributed by atoms with van der Waals surface area (Å²) in [6.07, 6.45) is 15.8. The van der Waals surface area contributed by atoms with Crippen LogP contribution in [0.1, 0.15) is 164 Å². The van der Waals surface area contributed by atoms with Crippen LogP contribution in [0.5, 0.6) is 34.5 Å². The molecule has 74 heavy (non-hydrogen) atoms. The van der Waals surface area contributed by atoms with Crippen LogP contribution in [-0.2, 0) is 33.4 Å². The highest BCUT2D eigenvalue weighted by Crippen LogP contribution is 2.39. The number of phenols is 2. The Balaban J connectivity index is 1.66. The smallest absolute Gasteiger partial charge is 0.347 e. The number of carbonyl (C=O) groups excluding carboxylic acids is 4. The fourth-order valence-corrected chi connectivity index (χ4v) is 7.59. The first-order chi connectivity index (χ1) is 35.6. The van der Waals surface area contributed by atoms with Crippen molar-refractivity contribution in [3.8, 4) is 68.7 Å². The van der Waals surface area contributed by atoms with Crippen LogP contribution < -0.4 is 18.9 Å². The second-order valence-electron chi connectivity index (χ2n) is 18.6. The molecule has 1 heterocycles. The molecule has 0 bridgehead atoms. The van der Waals surface area contributed by atoms with Crippen LogP contribution in [-0.4, -0.2) is 87.2 Å². The molecule has 0 aliphatic rings. The van der Waals surface area contributed by atoms with Crippen LogP contribution in [0.3, 0.4) is 0 Å². The second kappa shape index (κ2) is 32.5. The Morgan fingerprint density at radius 1 is 0.473 bits per heavy atom. The van der Waals surface area contributed by atoms with E-state index in [4.69, 9.17) is 43.1 Å². The molecule has 0 spiro atoms. The van der Waals surface area contributed by atoms with E-state index in [1.165, 1.54) is 74.7 Å². The maximum atomic E-state index is 13.1. The van der Waals surface area contributed by atoms with E-state index in [9.17, 15) is 29.4 Å². The van der Waals surface area contributed by atoms with E-state index in [2.05, 4.69) is 32.3 Å². The van der Waals surface area contributed by atoms with Crippen molar-refractivity contribution in [3.05, 3.63) is 66.7 Å². The van der Waals surface area contributed by atoms with Gasteiger partial charge in [-0.15, -0.1) is 0 Å². The maximum Gasteiger partial charge on any atom is 0.347 e. The fraction of sp³-hybridized carbons (Fsp3) is 0.534. The van der Waals surface area contributed by atoms with Crippen molar-refractivity contribution in [1.29, 1.82) is 0 Å². The molecule has 0 fully saturated rings. The molecule has 0 radical (unpaired) electrons. The number of rotatable bonds is 35. The molecular weight excluding hydrogens is 947 g/mol. The zero-order valence-electron chi connectivity index (χ0n) is 44.7. The van der Waals surface area contributed by atoms with Gasteiger partial charge in [0.1, 0.15) is 34.5 Å². The van der Waals surface area contributed by atoms with Gasteiger partial charge in [0.25, 0.3) is 0 Å². The molecule has 16 heteroatoms. The number of hydrogen-bond acceptors (Lipinski definition) is 16. The Bertz CT molecular complexity index is 2320. The van der Waals surface area contributed by atoms with Crippen molar-refractivity contribution in [2.45, 2.75) is 182 Å². The van der Waals surface area contributed by atoms with Crippen LogP contribution in [0.4, 0.5) is 0 Å². The monoisotopic (exact) mass is 1030 g/mol. The topological polar surface area (TPSA) is 212 Å². The standard InChI is InChI=1S/C58H79N3O13/c1-9-12-15-18-21-24-33-68-56(65)40(6)71-43-27-30-46(49(62)36-43)52-59-53(47-31-28-44(37-50(47)63)72-41(7)57(66)69-34-25-22-19-16-13-10-2)61-54(60-52)48-32-29-45(38-51(48)74-55(64)39(4)5)73-42(8)58(67)70-35-26-23-20-17-14-11-3/h27-32,36-38,40-42,62-63H,4,9-26,33-35H2,1-3,5-8H3. The number of aromatic nitrogens is 3. The third kappa shape index (κ3) is 20.3. The summed E-state index contributed by atoms with van der Waals surface area (Å²) in [5.41, 5.74) is 0.478. The summed E-state index contributed by atoms with van der Waals surface area (Å²) in [7, 11) is 0. The maximum absolute atomic E-state index is 13.1. The SMILES string of the molecule is C=C(C)C(=O)Oc1cc(OC(C)C(=O)OCCCCCCCC)ccc1-c1nc(-c2ccc(OC(C)C(=O)OCCCCCCCC)cc2O)nc(-c2ccc(OC(C)C(=O)OCCCCCCCC)cc2O)n1. The van der Waals surface area contributed by atoms with E-state index in [0.29, 0.717) is 0 Å². The molecule has 3 aromatic carbocycles. The number of hydrogen-bond donors (Lipinski definition) is 2. The Kier molecular flexibility index (Phi) is 26.3. The van der Waals surface area contributed by atoms with Gasteiger partial charge in [0.2, 0.25) is 0 Å². The summed E-state index contributed by atoms with van der Waals surface area (Å²) < 4.78 is 39.9. The Morgan fingerprint density at radius 2 is 0.784 bits per heavy atom. The third-order valence-corrected chi connectivity index (χ3v) is 12.0. The van der Waals surface area contributed by atoms with Crippen LogP contribution in [0, 0.1) is 0 Å². The molecule has 1 aromatic heterocycles. The lowest BCUT2D eigenvalue weighted by Crippen LogP contribution is -2.26. The van der Waals surface area contributed by atoms with Crippen molar-refractivity contribution in [2.75, 3.05) is 19.8 Å². The molecule has 0 saturated heterocycles. The summed E-state index contributed by atoms with van der Waals surface area (Å²) in [6, 6.07) is 13.2. The number of carbonyl (C=O) groups is 4. The van der Waals surface area contributed by atoms with Crippen molar-refractivity contribution in [3.63, 3.8) is 0 Å². The van der Waals surface area contributed by atoms with Gasteiger partial charge in [-0.2, -0.15) is 0 Å². The van der Waals surface area contributed by atoms with Gasteiger partial charge < -0.3 is 43.4 Å². The molecule has 404 valence electrons. The van der Waals surface area contributed by atoms with Gasteiger partial charge in [-0.1, -0.05) is 124 Å². The first-order valence-electron chi connectivity index (χ1n) is 26.6. The normalized spacial score (nSPS) is 12.3. The molecule has 3 atom stereocenters. The van der Waals surface area contributed by atoms with Gasteiger partial charge in [0.15, 0.2) is 35.8 Å². The van der Waals surface area contributed by atoms with Crippen LogP contribution in [0.2, 0.25) is 0 Å². The summed E-state index contributed by atoms with van der Waals surface area (Å²) in [5, 5.41) is 23.0. The first kappa shape index (κ1) is 59.8. The minimum absolute atomic E-state index is 0.0598. The highest BCUT2D eigenvalue weighted by molar-refractivity contribution is 5.90. The van der Waals surface area contributed by atoms with Crippen molar-refractivity contribution in [2.24, 2.45) is 0 Å². The highest BCUT2D eigenvalue weighted by Gasteiger charge is 2.25. The first-order valence-corrected chi connectivity index (χ1v) is 26.6. The molecule has 3 unspecified atom stereocenters. The number of benzene rings is 3. The van der Waals surface area contributed by atoms with Crippen LogP contribution in [0.25, 0.3) is 34.2 Å². The number of unbranched alkanes of at least 4 members (excludes halogenated alkanes) is 15. The lowest BCUT2D eigenvalue weighted by molar-refractivity contribution is -0.152. The van der Waals surface area contributed by atoms with E-state index < -0.39 is 42.2 Å². The number of aromatic hydroxyl groups is 2. The number of ether oxygens (including phenoxy) is 7. The average Bonchev–Trinajstić information content (AvgIpc) is 3.37. The van der Waals surface area contributed by atoms with Gasteiger partial charge in [-0.05, 0) is 83.4 Å². The van der Waals surface area contributed by atoms with Gasteiger partial charge in [-0.25, -0.2) is 34.1 Å². The minimum Gasteiger partial charge on any atom is -0.507 e. The molecule has 0 saturated carbocycles. The quantitative estimate of drug-likeness (QED) is 0.0144. The number of nitrogens with zero attached hydrogens (tertiary/aromatic N) is 3. The Morgan fingerprint density at radius 3 is 1.12 bits per heavy atom. The molecule has 0 amide bonds. The van der Waals surface area contributed by atoms with Crippen LogP contribution in [0.15, 0.2) is 66.7 Å². The predicted octanol–water partition coefficient (Wildman–Crippen LogP) is 12.8. The Hall–Kier alpha value is -6.71. The Labute approximate surface area is 437 Å². The van der Waals surface area contributed by atoms with Crippen molar-refractivity contribution in [1.82, 2.24) is 15.0 Å².